The lowest BCUT2D eigenvalue weighted by molar-refractivity contribution is 0.0263. The van der Waals surface area contributed by atoms with Gasteiger partial charge in [-0.1, -0.05) is 6.07 Å². The Hall–Kier alpha value is -0.380. The van der Waals surface area contributed by atoms with Crippen molar-refractivity contribution in [3.05, 3.63) is 22.4 Å². The van der Waals surface area contributed by atoms with Gasteiger partial charge in [0.25, 0.3) is 0 Å². The molecule has 1 N–H and O–H groups in total. The molecular formula is C21H37IN4OS. The van der Waals surface area contributed by atoms with Gasteiger partial charge >= 0.3 is 0 Å². The van der Waals surface area contributed by atoms with Gasteiger partial charge in [-0.2, -0.15) is 0 Å². The fourth-order valence-electron chi connectivity index (χ4n) is 4.06. The fourth-order valence-corrected chi connectivity index (χ4v) is 4.81. The standard InChI is InChI=1S/C21H36N4OS.HI/c1-3-22-21(25-13-9-19(10-14-25)26-4-2)23-16-18-7-11-24(12-8-18)17-20-6-5-15-27-20;/h5-6,15,18-19H,3-4,7-14,16-17H2,1-2H3,(H,22,23);1H. The van der Waals surface area contributed by atoms with E-state index in [1.807, 2.05) is 11.3 Å². The maximum atomic E-state index is 5.78. The molecule has 2 saturated heterocycles. The van der Waals surface area contributed by atoms with Gasteiger partial charge in [-0.25, -0.2) is 0 Å². The van der Waals surface area contributed by atoms with Crippen molar-refractivity contribution in [3.8, 4) is 0 Å². The van der Waals surface area contributed by atoms with E-state index in [2.05, 4.69) is 46.5 Å². The van der Waals surface area contributed by atoms with E-state index in [0.717, 1.165) is 64.0 Å². The van der Waals surface area contributed by atoms with Crippen LogP contribution in [0.3, 0.4) is 0 Å². The lowest BCUT2D eigenvalue weighted by Gasteiger charge is -2.35. The van der Waals surface area contributed by atoms with Crippen molar-refractivity contribution in [1.82, 2.24) is 15.1 Å². The number of thiophene rings is 1. The number of guanidine groups is 1. The summed E-state index contributed by atoms with van der Waals surface area (Å²) in [6.45, 7) is 12.6. The van der Waals surface area contributed by atoms with Crippen molar-refractivity contribution in [3.63, 3.8) is 0 Å². The van der Waals surface area contributed by atoms with Gasteiger partial charge in [-0.05, 0) is 70.0 Å². The van der Waals surface area contributed by atoms with E-state index >= 15 is 0 Å². The number of likely N-dealkylation sites (tertiary alicyclic amines) is 2. The summed E-state index contributed by atoms with van der Waals surface area (Å²) in [4.78, 5) is 11.5. The molecule has 0 atom stereocenters. The average molecular weight is 521 g/mol. The van der Waals surface area contributed by atoms with Crippen LogP contribution >= 0.6 is 35.3 Å². The molecule has 2 aliphatic heterocycles. The SMILES string of the molecule is CCNC(=NCC1CCN(Cc2cccs2)CC1)N1CCC(OCC)CC1.I. The molecule has 0 saturated carbocycles. The summed E-state index contributed by atoms with van der Waals surface area (Å²) in [5.74, 6) is 1.83. The summed E-state index contributed by atoms with van der Waals surface area (Å²) in [5.41, 5.74) is 0. The largest absolute Gasteiger partial charge is 0.378 e. The van der Waals surface area contributed by atoms with Crippen molar-refractivity contribution in [1.29, 1.82) is 0 Å². The molecule has 5 nitrogen and oxygen atoms in total. The van der Waals surface area contributed by atoms with Crippen molar-refractivity contribution in [2.75, 3.05) is 45.9 Å². The van der Waals surface area contributed by atoms with Crippen LogP contribution in [0.2, 0.25) is 0 Å². The lowest BCUT2D eigenvalue weighted by Crippen LogP contribution is -2.47. The molecule has 1 aromatic heterocycles. The van der Waals surface area contributed by atoms with Crippen LogP contribution in [0.4, 0.5) is 0 Å². The predicted molar refractivity (Wildman–Crippen MR) is 130 cm³/mol. The van der Waals surface area contributed by atoms with Gasteiger partial charge < -0.3 is 15.0 Å². The van der Waals surface area contributed by atoms with E-state index in [4.69, 9.17) is 9.73 Å². The second kappa shape index (κ2) is 13.0. The second-order valence-electron chi connectivity index (χ2n) is 7.64. The van der Waals surface area contributed by atoms with Crippen LogP contribution in [0.1, 0.15) is 44.4 Å². The van der Waals surface area contributed by atoms with Crippen molar-refractivity contribution >= 4 is 41.3 Å². The Bertz CT molecular complexity index is 553. The van der Waals surface area contributed by atoms with E-state index in [9.17, 15) is 0 Å². The first-order valence-electron chi connectivity index (χ1n) is 10.7. The molecular weight excluding hydrogens is 483 g/mol. The molecule has 0 amide bonds. The minimum atomic E-state index is 0. The molecule has 1 aromatic rings. The summed E-state index contributed by atoms with van der Waals surface area (Å²) in [7, 11) is 0. The van der Waals surface area contributed by atoms with Crippen LogP contribution in [-0.4, -0.2) is 67.7 Å². The van der Waals surface area contributed by atoms with Gasteiger partial charge in [-0.3, -0.25) is 9.89 Å². The normalized spacial score (nSPS) is 20.2. The Balaban J connectivity index is 0.00000280. The molecule has 28 heavy (non-hydrogen) atoms. The van der Waals surface area contributed by atoms with Crippen LogP contribution in [0.5, 0.6) is 0 Å². The number of hydrogen-bond acceptors (Lipinski definition) is 4. The number of aliphatic imine (C=N–C) groups is 1. The summed E-state index contributed by atoms with van der Waals surface area (Å²) in [6.07, 6.45) is 5.18. The number of halogens is 1. The van der Waals surface area contributed by atoms with Crippen LogP contribution in [0, 0.1) is 5.92 Å². The van der Waals surface area contributed by atoms with Crippen LogP contribution in [0.15, 0.2) is 22.5 Å². The third-order valence-corrected chi connectivity index (χ3v) is 6.51. The summed E-state index contributed by atoms with van der Waals surface area (Å²) in [6, 6.07) is 4.40. The van der Waals surface area contributed by atoms with Crippen molar-refractivity contribution < 1.29 is 4.74 Å². The van der Waals surface area contributed by atoms with Crippen LogP contribution < -0.4 is 5.32 Å². The number of nitrogens with zero attached hydrogens (tertiary/aromatic N) is 3. The fraction of sp³-hybridized carbons (Fsp3) is 0.762. The molecule has 0 bridgehead atoms. The number of hydrogen-bond donors (Lipinski definition) is 1. The zero-order chi connectivity index (χ0) is 18.9. The number of nitrogens with one attached hydrogen (secondary N) is 1. The summed E-state index contributed by atoms with van der Waals surface area (Å²) >= 11 is 1.87. The second-order valence-corrected chi connectivity index (χ2v) is 8.67. The maximum Gasteiger partial charge on any atom is 0.193 e. The van der Waals surface area contributed by atoms with E-state index in [1.165, 1.54) is 30.8 Å². The highest BCUT2D eigenvalue weighted by Crippen LogP contribution is 2.21. The van der Waals surface area contributed by atoms with Crippen LogP contribution in [-0.2, 0) is 11.3 Å². The molecule has 0 unspecified atom stereocenters. The smallest absolute Gasteiger partial charge is 0.193 e. The Morgan fingerprint density at radius 1 is 1.18 bits per heavy atom. The Labute approximate surface area is 191 Å². The number of rotatable bonds is 7. The molecule has 3 rings (SSSR count). The van der Waals surface area contributed by atoms with E-state index in [1.54, 1.807) is 0 Å². The zero-order valence-electron chi connectivity index (χ0n) is 17.4. The highest BCUT2D eigenvalue weighted by atomic mass is 127. The molecule has 0 aliphatic carbocycles. The van der Waals surface area contributed by atoms with Gasteiger partial charge in [-0.15, -0.1) is 35.3 Å². The Morgan fingerprint density at radius 3 is 2.54 bits per heavy atom. The van der Waals surface area contributed by atoms with Gasteiger partial charge in [0, 0.05) is 44.2 Å². The molecule has 3 heterocycles. The van der Waals surface area contributed by atoms with Gasteiger partial charge in [0.2, 0.25) is 0 Å². The Kier molecular flexibility index (Phi) is 11.1. The van der Waals surface area contributed by atoms with Crippen molar-refractivity contribution in [2.45, 2.75) is 52.2 Å². The minimum Gasteiger partial charge on any atom is -0.378 e. The monoisotopic (exact) mass is 520 g/mol. The minimum absolute atomic E-state index is 0. The maximum absolute atomic E-state index is 5.78. The Morgan fingerprint density at radius 2 is 1.93 bits per heavy atom. The quantitative estimate of drug-likeness (QED) is 0.335. The van der Waals surface area contributed by atoms with E-state index in [-0.39, 0.29) is 24.0 Å². The van der Waals surface area contributed by atoms with Gasteiger partial charge in [0.1, 0.15) is 0 Å². The predicted octanol–water partition coefficient (Wildman–Crippen LogP) is 4.04. The zero-order valence-corrected chi connectivity index (χ0v) is 20.6. The van der Waals surface area contributed by atoms with E-state index in [0.29, 0.717) is 6.10 Å². The molecule has 160 valence electrons. The molecule has 0 aromatic carbocycles. The molecule has 2 fully saturated rings. The number of piperidine rings is 2. The highest BCUT2D eigenvalue weighted by molar-refractivity contribution is 14.0. The highest BCUT2D eigenvalue weighted by Gasteiger charge is 2.23. The first-order chi connectivity index (χ1) is 13.3. The summed E-state index contributed by atoms with van der Waals surface area (Å²) < 4.78 is 5.78. The van der Waals surface area contributed by atoms with Crippen molar-refractivity contribution in [2.24, 2.45) is 10.9 Å². The molecule has 2 aliphatic rings. The topological polar surface area (TPSA) is 40.1 Å². The first-order valence-corrected chi connectivity index (χ1v) is 11.6. The van der Waals surface area contributed by atoms with E-state index < -0.39 is 0 Å². The van der Waals surface area contributed by atoms with Gasteiger partial charge in [0.15, 0.2) is 5.96 Å². The third kappa shape index (κ3) is 7.46. The van der Waals surface area contributed by atoms with Crippen LogP contribution in [0.25, 0.3) is 0 Å². The molecule has 0 radical (unpaired) electrons. The van der Waals surface area contributed by atoms with Gasteiger partial charge in [0.05, 0.1) is 6.10 Å². The summed E-state index contributed by atoms with van der Waals surface area (Å²) in [5, 5.41) is 5.68. The lowest BCUT2D eigenvalue weighted by atomic mass is 9.97. The molecule has 7 heteroatoms. The average Bonchev–Trinajstić information content (AvgIpc) is 3.20. The number of ether oxygens (including phenoxy) is 1. The first kappa shape index (κ1) is 23.9. The third-order valence-electron chi connectivity index (χ3n) is 5.64. The molecule has 0 spiro atoms.